The summed E-state index contributed by atoms with van der Waals surface area (Å²) in [4.78, 5) is 0. The molecule has 2 aromatic rings. The van der Waals surface area contributed by atoms with Crippen LogP contribution in [0.4, 0.5) is 0 Å². The van der Waals surface area contributed by atoms with Crippen molar-refractivity contribution in [2.24, 2.45) is 0 Å². The van der Waals surface area contributed by atoms with Crippen molar-refractivity contribution < 1.29 is 14.6 Å². The molecule has 2 rings (SSSR count). The number of rotatable bonds is 4. The summed E-state index contributed by atoms with van der Waals surface area (Å²) >= 11 is 0. The Balaban J connectivity index is 2.51. The normalized spacial score (nSPS) is 12.1. The van der Waals surface area contributed by atoms with E-state index in [4.69, 9.17) is 9.47 Å². The maximum atomic E-state index is 10.6. The molecule has 1 heterocycles. The van der Waals surface area contributed by atoms with Crippen LogP contribution in [0.2, 0.25) is 0 Å². The van der Waals surface area contributed by atoms with Gasteiger partial charge in [0.15, 0.2) is 0 Å². The van der Waals surface area contributed by atoms with Crippen molar-refractivity contribution in [3.05, 3.63) is 46.8 Å². The molecule has 0 spiro atoms. The second kappa shape index (κ2) is 5.88. The Morgan fingerprint density at radius 2 is 1.75 bits per heavy atom. The molecule has 5 heteroatoms. The molecule has 0 bridgehead atoms. The maximum Gasteiger partial charge on any atom is 0.125 e. The topological polar surface area (TPSA) is 64.5 Å². The lowest BCUT2D eigenvalue weighted by atomic mass is 9.99. The minimum Gasteiger partial charge on any atom is -0.497 e. The molecule has 1 atom stereocenters. The zero-order chi connectivity index (χ0) is 14.7. The molecule has 1 unspecified atom stereocenters. The second-order valence-electron chi connectivity index (χ2n) is 4.54. The SMILES string of the molecule is COc1ccc(OC)c(C(O)c2cc(C)nnc2C)c1. The molecule has 20 heavy (non-hydrogen) atoms. The Morgan fingerprint density at radius 1 is 1.00 bits per heavy atom. The fourth-order valence-corrected chi connectivity index (χ4v) is 2.07. The number of aliphatic hydroxyl groups is 1. The molecule has 1 aromatic carbocycles. The van der Waals surface area contributed by atoms with E-state index in [0.29, 0.717) is 28.3 Å². The smallest absolute Gasteiger partial charge is 0.125 e. The number of nitrogens with zero attached hydrogens (tertiary/aromatic N) is 2. The highest BCUT2D eigenvalue weighted by Gasteiger charge is 2.19. The van der Waals surface area contributed by atoms with Crippen molar-refractivity contribution in [1.82, 2.24) is 10.2 Å². The molecule has 0 saturated carbocycles. The number of aryl methyl sites for hydroxylation is 2. The third-order valence-electron chi connectivity index (χ3n) is 3.17. The van der Waals surface area contributed by atoms with Crippen LogP contribution < -0.4 is 9.47 Å². The van der Waals surface area contributed by atoms with E-state index in [1.807, 2.05) is 19.9 Å². The second-order valence-corrected chi connectivity index (χ2v) is 4.54. The highest BCUT2D eigenvalue weighted by molar-refractivity contribution is 5.45. The van der Waals surface area contributed by atoms with Gasteiger partial charge in [-0.2, -0.15) is 10.2 Å². The van der Waals surface area contributed by atoms with Crippen LogP contribution in [-0.2, 0) is 0 Å². The predicted molar refractivity (Wildman–Crippen MR) is 75.1 cm³/mol. The first kappa shape index (κ1) is 14.3. The summed E-state index contributed by atoms with van der Waals surface area (Å²) in [5.41, 5.74) is 2.80. The van der Waals surface area contributed by atoms with Crippen LogP contribution >= 0.6 is 0 Å². The van der Waals surface area contributed by atoms with Crippen molar-refractivity contribution in [3.8, 4) is 11.5 Å². The number of benzene rings is 1. The molecular weight excluding hydrogens is 256 g/mol. The Morgan fingerprint density at radius 3 is 2.40 bits per heavy atom. The van der Waals surface area contributed by atoms with Gasteiger partial charge in [-0.3, -0.25) is 0 Å². The summed E-state index contributed by atoms with van der Waals surface area (Å²) in [5, 5.41) is 18.6. The van der Waals surface area contributed by atoms with E-state index >= 15 is 0 Å². The quantitative estimate of drug-likeness (QED) is 0.926. The van der Waals surface area contributed by atoms with Gasteiger partial charge in [0, 0.05) is 11.1 Å². The van der Waals surface area contributed by atoms with Gasteiger partial charge < -0.3 is 14.6 Å². The summed E-state index contributed by atoms with van der Waals surface area (Å²) < 4.78 is 10.5. The molecule has 0 fully saturated rings. The third-order valence-corrected chi connectivity index (χ3v) is 3.17. The first-order valence-corrected chi connectivity index (χ1v) is 6.27. The maximum absolute atomic E-state index is 10.6. The van der Waals surface area contributed by atoms with E-state index in [1.165, 1.54) is 0 Å². The van der Waals surface area contributed by atoms with Crippen LogP contribution in [0, 0.1) is 13.8 Å². The summed E-state index contributed by atoms with van der Waals surface area (Å²) in [6.07, 6.45) is -0.839. The lowest BCUT2D eigenvalue weighted by molar-refractivity contribution is 0.212. The van der Waals surface area contributed by atoms with E-state index in [9.17, 15) is 5.11 Å². The molecule has 0 amide bonds. The molecule has 106 valence electrons. The Kier molecular flexibility index (Phi) is 4.20. The number of ether oxygens (including phenoxy) is 2. The number of hydrogen-bond acceptors (Lipinski definition) is 5. The van der Waals surface area contributed by atoms with Crippen molar-refractivity contribution >= 4 is 0 Å². The Hall–Kier alpha value is -2.14. The first-order valence-electron chi connectivity index (χ1n) is 6.27. The van der Waals surface area contributed by atoms with Crippen molar-refractivity contribution in [2.45, 2.75) is 20.0 Å². The third kappa shape index (κ3) is 2.72. The monoisotopic (exact) mass is 274 g/mol. The molecule has 0 radical (unpaired) electrons. The predicted octanol–water partition coefficient (Wildman–Crippen LogP) is 2.19. The highest BCUT2D eigenvalue weighted by Crippen LogP contribution is 2.33. The number of methoxy groups -OCH3 is 2. The van der Waals surface area contributed by atoms with Crippen LogP contribution in [-0.4, -0.2) is 29.5 Å². The summed E-state index contributed by atoms with van der Waals surface area (Å²) in [7, 11) is 3.16. The summed E-state index contributed by atoms with van der Waals surface area (Å²) in [6.45, 7) is 3.66. The van der Waals surface area contributed by atoms with Crippen LogP contribution in [0.15, 0.2) is 24.3 Å². The largest absolute Gasteiger partial charge is 0.497 e. The van der Waals surface area contributed by atoms with Crippen molar-refractivity contribution in [2.75, 3.05) is 14.2 Å². The zero-order valence-electron chi connectivity index (χ0n) is 12.0. The van der Waals surface area contributed by atoms with Gasteiger partial charge in [0.25, 0.3) is 0 Å². The molecule has 1 aromatic heterocycles. The Labute approximate surface area is 118 Å². The van der Waals surface area contributed by atoms with E-state index in [2.05, 4.69) is 10.2 Å². The van der Waals surface area contributed by atoms with Crippen molar-refractivity contribution in [1.29, 1.82) is 0 Å². The number of aromatic nitrogens is 2. The van der Waals surface area contributed by atoms with Gasteiger partial charge in [-0.15, -0.1) is 0 Å². The average Bonchev–Trinajstić information content (AvgIpc) is 2.48. The summed E-state index contributed by atoms with van der Waals surface area (Å²) in [6, 6.07) is 7.15. The van der Waals surface area contributed by atoms with E-state index < -0.39 is 6.10 Å². The fourth-order valence-electron chi connectivity index (χ4n) is 2.07. The van der Waals surface area contributed by atoms with Crippen LogP contribution in [0.1, 0.15) is 28.6 Å². The first-order chi connectivity index (χ1) is 9.56. The minimum atomic E-state index is -0.839. The Bertz CT molecular complexity index is 614. The molecule has 1 N–H and O–H groups in total. The molecule has 5 nitrogen and oxygen atoms in total. The van der Waals surface area contributed by atoms with Gasteiger partial charge in [0.1, 0.15) is 17.6 Å². The van der Waals surface area contributed by atoms with Gasteiger partial charge in [-0.25, -0.2) is 0 Å². The van der Waals surface area contributed by atoms with E-state index in [0.717, 1.165) is 5.69 Å². The van der Waals surface area contributed by atoms with Crippen LogP contribution in [0.25, 0.3) is 0 Å². The molecule has 0 aliphatic rings. The molecular formula is C15H18N2O3. The van der Waals surface area contributed by atoms with Gasteiger partial charge in [-0.1, -0.05) is 0 Å². The van der Waals surface area contributed by atoms with Crippen molar-refractivity contribution in [3.63, 3.8) is 0 Å². The van der Waals surface area contributed by atoms with Gasteiger partial charge in [0.2, 0.25) is 0 Å². The fraction of sp³-hybridized carbons (Fsp3) is 0.333. The van der Waals surface area contributed by atoms with E-state index in [1.54, 1.807) is 32.4 Å². The molecule has 0 saturated heterocycles. The van der Waals surface area contributed by atoms with Crippen LogP contribution in [0.5, 0.6) is 11.5 Å². The summed E-state index contributed by atoms with van der Waals surface area (Å²) in [5.74, 6) is 1.27. The van der Waals surface area contributed by atoms with Crippen LogP contribution in [0.3, 0.4) is 0 Å². The zero-order valence-corrected chi connectivity index (χ0v) is 12.0. The number of aliphatic hydroxyl groups excluding tert-OH is 1. The average molecular weight is 274 g/mol. The highest BCUT2D eigenvalue weighted by atomic mass is 16.5. The van der Waals surface area contributed by atoms with Gasteiger partial charge in [0.05, 0.1) is 25.6 Å². The minimum absolute atomic E-state index is 0.604. The lowest BCUT2D eigenvalue weighted by Gasteiger charge is -2.17. The van der Waals surface area contributed by atoms with Gasteiger partial charge in [-0.05, 0) is 38.1 Å². The van der Waals surface area contributed by atoms with Gasteiger partial charge >= 0.3 is 0 Å². The molecule has 0 aliphatic heterocycles. The number of hydrogen-bond donors (Lipinski definition) is 1. The van der Waals surface area contributed by atoms with E-state index in [-0.39, 0.29) is 0 Å². The standard InChI is InChI=1S/C15H18N2O3/c1-9-7-12(10(2)17-16-9)15(18)13-8-11(19-3)5-6-14(13)20-4/h5-8,15,18H,1-4H3. The lowest BCUT2D eigenvalue weighted by Crippen LogP contribution is -2.07. The molecule has 0 aliphatic carbocycles.